The normalized spacial score (nSPS) is 14.6. The topological polar surface area (TPSA) is 29.1 Å². The molecular formula is C12H17BrFNOS. The molecule has 1 aromatic carbocycles. The molecule has 0 bridgehead atoms. The molecule has 17 heavy (non-hydrogen) atoms. The fourth-order valence-corrected chi connectivity index (χ4v) is 2.05. The molecule has 0 heterocycles. The van der Waals surface area contributed by atoms with Crippen LogP contribution in [0.5, 0.6) is 0 Å². The summed E-state index contributed by atoms with van der Waals surface area (Å²) >= 11 is 3.12. The average Bonchev–Trinajstić information content (AvgIpc) is 2.28. The molecule has 0 aliphatic heterocycles. The van der Waals surface area contributed by atoms with E-state index >= 15 is 0 Å². The fourth-order valence-electron chi connectivity index (χ4n) is 1.35. The van der Waals surface area contributed by atoms with Gasteiger partial charge >= 0.3 is 0 Å². The molecule has 0 aromatic heterocycles. The maximum absolute atomic E-state index is 13.2. The van der Waals surface area contributed by atoms with E-state index in [0.29, 0.717) is 11.0 Å². The summed E-state index contributed by atoms with van der Waals surface area (Å²) in [5.41, 5.74) is 0.913. The fraction of sp³-hybridized carbons (Fsp3) is 0.500. The van der Waals surface area contributed by atoms with Crippen LogP contribution >= 0.6 is 15.9 Å². The third-order valence-corrected chi connectivity index (χ3v) is 4.62. The minimum absolute atomic E-state index is 0.198. The highest BCUT2D eigenvalue weighted by atomic mass is 79.9. The Morgan fingerprint density at radius 1 is 1.53 bits per heavy atom. The van der Waals surface area contributed by atoms with Crippen molar-refractivity contribution >= 4 is 26.7 Å². The van der Waals surface area contributed by atoms with Crippen LogP contribution in [0.4, 0.5) is 4.39 Å². The monoisotopic (exact) mass is 321 g/mol. The van der Waals surface area contributed by atoms with Crippen LogP contribution in [0.2, 0.25) is 0 Å². The van der Waals surface area contributed by atoms with Crippen LogP contribution in [0.1, 0.15) is 18.9 Å². The van der Waals surface area contributed by atoms with Crippen LogP contribution in [-0.2, 0) is 17.3 Å². The van der Waals surface area contributed by atoms with Crippen molar-refractivity contribution in [2.24, 2.45) is 0 Å². The smallest absolute Gasteiger partial charge is 0.137 e. The van der Waals surface area contributed by atoms with Crippen molar-refractivity contribution in [2.45, 2.75) is 25.1 Å². The van der Waals surface area contributed by atoms with Gasteiger partial charge in [0.2, 0.25) is 0 Å². The van der Waals surface area contributed by atoms with Crippen LogP contribution in [0.25, 0.3) is 0 Å². The highest BCUT2D eigenvalue weighted by Crippen LogP contribution is 2.16. The van der Waals surface area contributed by atoms with Gasteiger partial charge in [-0.1, -0.05) is 13.0 Å². The van der Waals surface area contributed by atoms with E-state index in [2.05, 4.69) is 21.2 Å². The minimum atomic E-state index is -0.771. The van der Waals surface area contributed by atoms with Gasteiger partial charge in [-0.15, -0.1) is 0 Å². The molecule has 2 atom stereocenters. The van der Waals surface area contributed by atoms with Crippen molar-refractivity contribution in [2.75, 3.05) is 12.8 Å². The molecule has 0 spiro atoms. The summed E-state index contributed by atoms with van der Waals surface area (Å²) in [5, 5.41) is 3.42. The van der Waals surface area contributed by atoms with Gasteiger partial charge in [-0.3, -0.25) is 4.21 Å². The second kappa shape index (κ2) is 7.24. The zero-order chi connectivity index (χ0) is 12.8. The van der Waals surface area contributed by atoms with Crippen LogP contribution in [-0.4, -0.2) is 22.3 Å². The highest BCUT2D eigenvalue weighted by molar-refractivity contribution is 9.10. The first-order valence-corrected chi connectivity index (χ1v) is 7.89. The number of rotatable bonds is 6. The van der Waals surface area contributed by atoms with E-state index in [1.165, 1.54) is 6.07 Å². The summed E-state index contributed by atoms with van der Waals surface area (Å²) in [4.78, 5) is 0. The zero-order valence-corrected chi connectivity index (χ0v) is 12.4. The van der Waals surface area contributed by atoms with Gasteiger partial charge < -0.3 is 5.32 Å². The number of nitrogens with one attached hydrogen (secondary N) is 1. The molecule has 1 N–H and O–H groups in total. The van der Waals surface area contributed by atoms with Crippen molar-refractivity contribution in [1.82, 2.24) is 5.32 Å². The summed E-state index contributed by atoms with van der Waals surface area (Å²) in [6.07, 6.45) is 2.58. The molecule has 2 unspecified atom stereocenters. The lowest BCUT2D eigenvalue weighted by Gasteiger charge is -2.09. The van der Waals surface area contributed by atoms with Crippen molar-refractivity contribution < 1.29 is 8.60 Å². The zero-order valence-electron chi connectivity index (χ0n) is 10.0. The van der Waals surface area contributed by atoms with E-state index in [0.717, 1.165) is 18.5 Å². The highest BCUT2D eigenvalue weighted by Gasteiger charge is 2.05. The quantitative estimate of drug-likeness (QED) is 0.816. The van der Waals surface area contributed by atoms with Gasteiger partial charge in [0.05, 0.1) is 4.47 Å². The predicted octanol–water partition coefficient (Wildman–Crippen LogP) is 2.83. The number of benzene rings is 1. The minimum Gasteiger partial charge on any atom is -0.313 e. The number of hydrogen-bond donors (Lipinski definition) is 1. The largest absolute Gasteiger partial charge is 0.313 e. The molecule has 5 heteroatoms. The van der Waals surface area contributed by atoms with Crippen molar-refractivity contribution in [3.05, 3.63) is 34.1 Å². The van der Waals surface area contributed by atoms with Crippen LogP contribution < -0.4 is 5.32 Å². The SMILES string of the molecule is CC(CCNCc1ccc(Br)c(F)c1)S(C)=O. The molecule has 0 saturated carbocycles. The Morgan fingerprint density at radius 2 is 2.24 bits per heavy atom. The Kier molecular flexibility index (Phi) is 6.30. The summed E-state index contributed by atoms with van der Waals surface area (Å²) in [7, 11) is -0.771. The van der Waals surface area contributed by atoms with E-state index < -0.39 is 10.8 Å². The first-order valence-electron chi connectivity index (χ1n) is 5.47. The molecule has 0 radical (unpaired) electrons. The van der Waals surface area contributed by atoms with Crippen molar-refractivity contribution in [3.63, 3.8) is 0 Å². The third kappa shape index (κ3) is 5.27. The maximum Gasteiger partial charge on any atom is 0.137 e. The molecule has 0 fully saturated rings. The Bertz CT molecular complexity index is 400. The maximum atomic E-state index is 13.2. The second-order valence-electron chi connectivity index (χ2n) is 4.02. The van der Waals surface area contributed by atoms with Crippen molar-refractivity contribution in [1.29, 1.82) is 0 Å². The van der Waals surface area contributed by atoms with E-state index in [4.69, 9.17) is 0 Å². The average molecular weight is 322 g/mol. The van der Waals surface area contributed by atoms with Crippen LogP contribution in [0.15, 0.2) is 22.7 Å². The second-order valence-corrected chi connectivity index (χ2v) is 6.68. The summed E-state index contributed by atoms with van der Waals surface area (Å²) in [5.74, 6) is -0.243. The third-order valence-electron chi connectivity index (χ3n) is 2.61. The molecule has 0 aliphatic carbocycles. The van der Waals surface area contributed by atoms with Gasteiger partial charge in [0.25, 0.3) is 0 Å². The number of halogens is 2. The van der Waals surface area contributed by atoms with E-state index in [1.54, 1.807) is 12.3 Å². The lowest BCUT2D eigenvalue weighted by molar-refractivity contribution is 0.607. The lowest BCUT2D eigenvalue weighted by atomic mass is 10.2. The molecule has 1 aromatic rings. The molecular weight excluding hydrogens is 305 g/mol. The van der Waals surface area contributed by atoms with Crippen LogP contribution in [0, 0.1) is 5.82 Å². The predicted molar refractivity (Wildman–Crippen MR) is 74.0 cm³/mol. The molecule has 2 nitrogen and oxygen atoms in total. The van der Waals surface area contributed by atoms with Gasteiger partial charge in [-0.2, -0.15) is 0 Å². The summed E-state index contributed by atoms with van der Waals surface area (Å²) in [6.45, 7) is 3.39. The van der Waals surface area contributed by atoms with Gasteiger partial charge in [0.1, 0.15) is 5.82 Å². The molecule has 0 saturated heterocycles. The van der Waals surface area contributed by atoms with E-state index in [9.17, 15) is 8.60 Å². The summed E-state index contributed by atoms with van der Waals surface area (Å²) in [6, 6.07) is 5.09. The Morgan fingerprint density at radius 3 is 2.82 bits per heavy atom. The number of hydrogen-bond acceptors (Lipinski definition) is 2. The molecule has 96 valence electrons. The van der Waals surface area contributed by atoms with Gasteiger partial charge in [0.15, 0.2) is 0 Å². The van der Waals surface area contributed by atoms with Gasteiger partial charge in [-0.05, 0) is 46.6 Å². The standard InChI is InChI=1S/C12H17BrFNOS/c1-9(17(2)16)5-6-15-8-10-3-4-11(13)12(14)7-10/h3-4,7,9,15H,5-6,8H2,1-2H3. The summed E-state index contributed by atoms with van der Waals surface area (Å²) < 4.78 is 24.8. The molecule has 0 aliphatic rings. The van der Waals surface area contributed by atoms with E-state index in [1.807, 2.05) is 13.0 Å². The Balaban J connectivity index is 2.31. The first kappa shape index (κ1) is 14.8. The Labute approximate surface area is 113 Å². The van der Waals surface area contributed by atoms with Crippen LogP contribution in [0.3, 0.4) is 0 Å². The lowest BCUT2D eigenvalue weighted by Crippen LogP contribution is -2.21. The Hall–Kier alpha value is -0.260. The van der Waals surface area contributed by atoms with Crippen molar-refractivity contribution in [3.8, 4) is 0 Å². The molecule has 1 rings (SSSR count). The van der Waals surface area contributed by atoms with Gasteiger partial charge in [-0.25, -0.2) is 4.39 Å². The van der Waals surface area contributed by atoms with Gasteiger partial charge in [0, 0.05) is 28.9 Å². The molecule has 0 amide bonds. The first-order chi connectivity index (χ1) is 8.00. The van der Waals surface area contributed by atoms with E-state index in [-0.39, 0.29) is 11.1 Å².